The van der Waals surface area contributed by atoms with Gasteiger partial charge in [0.2, 0.25) is 0 Å². The Balaban J connectivity index is 2.11. The third-order valence-corrected chi connectivity index (χ3v) is 2.79. The number of urea groups is 1. The molecule has 0 saturated heterocycles. The maximum atomic E-state index is 12.2. The molecule has 4 heteroatoms. The molecule has 0 spiro atoms. The molecular formula is C15H17N3O. The van der Waals surface area contributed by atoms with E-state index in [0.717, 1.165) is 11.4 Å². The van der Waals surface area contributed by atoms with Crippen LogP contribution >= 0.6 is 0 Å². The van der Waals surface area contributed by atoms with Crippen LogP contribution in [0.4, 0.5) is 21.9 Å². The first-order valence-electron chi connectivity index (χ1n) is 6.20. The Morgan fingerprint density at radius 2 is 1.74 bits per heavy atom. The van der Waals surface area contributed by atoms with Gasteiger partial charge in [-0.1, -0.05) is 18.2 Å². The minimum Gasteiger partial charge on any atom is -0.399 e. The largest absolute Gasteiger partial charge is 0.399 e. The molecule has 4 nitrogen and oxygen atoms in total. The number of nitrogens with zero attached hydrogens (tertiary/aromatic N) is 1. The van der Waals surface area contributed by atoms with Crippen LogP contribution in [-0.2, 0) is 0 Å². The highest BCUT2D eigenvalue weighted by Gasteiger charge is 2.13. The lowest BCUT2D eigenvalue weighted by molar-refractivity contribution is 0.257. The number of rotatable bonds is 3. The van der Waals surface area contributed by atoms with E-state index < -0.39 is 0 Å². The van der Waals surface area contributed by atoms with Crippen LogP contribution < -0.4 is 16.0 Å². The van der Waals surface area contributed by atoms with E-state index in [0.29, 0.717) is 12.2 Å². The summed E-state index contributed by atoms with van der Waals surface area (Å²) in [5.74, 6) is 0. The first-order valence-corrected chi connectivity index (χ1v) is 6.20. The summed E-state index contributed by atoms with van der Waals surface area (Å²) in [6.07, 6.45) is 0. The van der Waals surface area contributed by atoms with Crippen molar-refractivity contribution < 1.29 is 4.79 Å². The molecule has 0 aliphatic heterocycles. The lowest BCUT2D eigenvalue weighted by Crippen LogP contribution is -2.34. The topological polar surface area (TPSA) is 58.4 Å². The molecule has 2 amide bonds. The van der Waals surface area contributed by atoms with Crippen LogP contribution in [0.25, 0.3) is 0 Å². The summed E-state index contributed by atoms with van der Waals surface area (Å²) in [5, 5.41) is 2.85. The fourth-order valence-corrected chi connectivity index (χ4v) is 1.81. The smallest absolute Gasteiger partial charge is 0.326 e. The van der Waals surface area contributed by atoms with Crippen molar-refractivity contribution in [1.82, 2.24) is 0 Å². The molecule has 98 valence electrons. The minimum absolute atomic E-state index is 0.154. The second kappa shape index (κ2) is 5.91. The van der Waals surface area contributed by atoms with Gasteiger partial charge in [0.15, 0.2) is 0 Å². The number of anilines is 3. The Hall–Kier alpha value is -2.49. The van der Waals surface area contributed by atoms with Crippen molar-refractivity contribution in [2.75, 3.05) is 22.5 Å². The van der Waals surface area contributed by atoms with E-state index in [1.54, 1.807) is 29.2 Å². The number of nitrogens with one attached hydrogen (secondary N) is 1. The van der Waals surface area contributed by atoms with Crippen molar-refractivity contribution in [2.45, 2.75) is 6.92 Å². The summed E-state index contributed by atoms with van der Waals surface area (Å²) in [7, 11) is 0. The zero-order chi connectivity index (χ0) is 13.7. The van der Waals surface area contributed by atoms with Crippen LogP contribution in [0.15, 0.2) is 54.6 Å². The van der Waals surface area contributed by atoms with Crippen LogP contribution in [0.5, 0.6) is 0 Å². The number of nitrogens with two attached hydrogens (primary N) is 1. The third-order valence-electron chi connectivity index (χ3n) is 2.79. The van der Waals surface area contributed by atoms with E-state index in [1.807, 2.05) is 37.3 Å². The summed E-state index contributed by atoms with van der Waals surface area (Å²) in [5.41, 5.74) is 7.89. The van der Waals surface area contributed by atoms with Crippen LogP contribution in [0.3, 0.4) is 0 Å². The number of benzene rings is 2. The van der Waals surface area contributed by atoms with Gasteiger partial charge in [0.25, 0.3) is 0 Å². The van der Waals surface area contributed by atoms with E-state index in [2.05, 4.69) is 5.32 Å². The predicted molar refractivity (Wildman–Crippen MR) is 79.3 cm³/mol. The molecule has 2 aromatic rings. The Kier molecular flexibility index (Phi) is 4.03. The molecule has 19 heavy (non-hydrogen) atoms. The normalized spacial score (nSPS) is 9.95. The number of amides is 2. The van der Waals surface area contributed by atoms with Gasteiger partial charge in [0, 0.05) is 23.6 Å². The quantitative estimate of drug-likeness (QED) is 0.826. The molecule has 0 aliphatic carbocycles. The van der Waals surface area contributed by atoms with Gasteiger partial charge in [-0.25, -0.2) is 4.79 Å². The first-order chi connectivity index (χ1) is 9.20. The molecule has 0 atom stereocenters. The highest BCUT2D eigenvalue weighted by Crippen LogP contribution is 2.16. The van der Waals surface area contributed by atoms with Crippen molar-refractivity contribution in [3.63, 3.8) is 0 Å². The second-order valence-electron chi connectivity index (χ2n) is 4.13. The molecule has 0 bridgehead atoms. The van der Waals surface area contributed by atoms with Gasteiger partial charge >= 0.3 is 6.03 Å². The average Bonchev–Trinajstić information content (AvgIpc) is 2.43. The number of para-hydroxylation sites is 1. The van der Waals surface area contributed by atoms with Crippen LogP contribution in [0.2, 0.25) is 0 Å². The first kappa shape index (κ1) is 13.0. The minimum atomic E-state index is -0.154. The van der Waals surface area contributed by atoms with Gasteiger partial charge in [-0.05, 0) is 43.3 Å². The van der Waals surface area contributed by atoms with E-state index in [1.165, 1.54) is 0 Å². The van der Waals surface area contributed by atoms with Crippen LogP contribution in [0.1, 0.15) is 6.92 Å². The zero-order valence-electron chi connectivity index (χ0n) is 10.8. The SMILES string of the molecule is CCN(C(=O)Nc1ccc(N)cc1)c1ccccc1. The van der Waals surface area contributed by atoms with Gasteiger partial charge in [-0.3, -0.25) is 4.90 Å². The maximum Gasteiger partial charge on any atom is 0.326 e. The molecule has 0 aliphatic rings. The maximum absolute atomic E-state index is 12.2. The molecule has 0 saturated carbocycles. The monoisotopic (exact) mass is 255 g/mol. The Morgan fingerprint density at radius 3 is 2.32 bits per heavy atom. The van der Waals surface area contributed by atoms with Gasteiger partial charge in [-0.2, -0.15) is 0 Å². The molecule has 2 aromatic carbocycles. The number of nitrogen functional groups attached to an aromatic ring is 1. The van der Waals surface area contributed by atoms with E-state index in [-0.39, 0.29) is 6.03 Å². The van der Waals surface area contributed by atoms with Gasteiger partial charge in [0.1, 0.15) is 0 Å². The fourth-order valence-electron chi connectivity index (χ4n) is 1.81. The Bertz CT molecular complexity index is 537. The van der Waals surface area contributed by atoms with E-state index >= 15 is 0 Å². The number of hydrogen-bond acceptors (Lipinski definition) is 2. The Morgan fingerprint density at radius 1 is 1.11 bits per heavy atom. The molecule has 3 N–H and O–H groups in total. The summed E-state index contributed by atoms with van der Waals surface area (Å²) in [6, 6.07) is 16.5. The van der Waals surface area contributed by atoms with Gasteiger partial charge in [0.05, 0.1) is 0 Å². The number of carbonyl (C=O) groups excluding carboxylic acids is 1. The van der Waals surface area contributed by atoms with Gasteiger partial charge in [-0.15, -0.1) is 0 Å². The molecule has 0 fully saturated rings. The fraction of sp³-hybridized carbons (Fsp3) is 0.133. The lowest BCUT2D eigenvalue weighted by atomic mass is 10.3. The molecule has 2 rings (SSSR count). The summed E-state index contributed by atoms with van der Waals surface area (Å²) in [4.78, 5) is 13.9. The Labute approximate surface area is 112 Å². The molecular weight excluding hydrogens is 238 g/mol. The third kappa shape index (κ3) is 3.25. The van der Waals surface area contributed by atoms with Crippen molar-refractivity contribution in [1.29, 1.82) is 0 Å². The van der Waals surface area contributed by atoms with Gasteiger partial charge < -0.3 is 11.1 Å². The summed E-state index contributed by atoms with van der Waals surface area (Å²) in [6.45, 7) is 2.54. The van der Waals surface area contributed by atoms with Crippen LogP contribution in [0, 0.1) is 0 Å². The highest BCUT2D eigenvalue weighted by molar-refractivity contribution is 6.01. The van der Waals surface area contributed by atoms with Crippen molar-refractivity contribution in [3.8, 4) is 0 Å². The summed E-state index contributed by atoms with van der Waals surface area (Å²) < 4.78 is 0. The number of hydrogen-bond donors (Lipinski definition) is 2. The average molecular weight is 255 g/mol. The molecule has 0 aromatic heterocycles. The summed E-state index contributed by atoms with van der Waals surface area (Å²) >= 11 is 0. The molecule has 0 radical (unpaired) electrons. The van der Waals surface area contributed by atoms with E-state index in [4.69, 9.17) is 5.73 Å². The van der Waals surface area contributed by atoms with Crippen molar-refractivity contribution in [2.24, 2.45) is 0 Å². The van der Waals surface area contributed by atoms with Crippen molar-refractivity contribution >= 4 is 23.1 Å². The molecule has 0 unspecified atom stereocenters. The highest BCUT2D eigenvalue weighted by atomic mass is 16.2. The zero-order valence-corrected chi connectivity index (χ0v) is 10.8. The second-order valence-corrected chi connectivity index (χ2v) is 4.13. The predicted octanol–water partition coefficient (Wildman–Crippen LogP) is 3.33. The van der Waals surface area contributed by atoms with Crippen molar-refractivity contribution in [3.05, 3.63) is 54.6 Å². The standard InChI is InChI=1S/C15H17N3O/c1-2-18(14-6-4-3-5-7-14)15(19)17-13-10-8-12(16)9-11-13/h3-11H,2,16H2,1H3,(H,17,19). The van der Waals surface area contributed by atoms with E-state index in [9.17, 15) is 4.79 Å². The molecule has 0 heterocycles. The lowest BCUT2D eigenvalue weighted by Gasteiger charge is -2.21. The number of carbonyl (C=O) groups is 1. The van der Waals surface area contributed by atoms with Crippen LogP contribution in [-0.4, -0.2) is 12.6 Å².